The van der Waals surface area contributed by atoms with Crippen LogP contribution < -0.4 is 11.0 Å². The van der Waals surface area contributed by atoms with Crippen LogP contribution in [0.25, 0.3) is 0 Å². The smallest absolute Gasteiger partial charge is 0.297 e. The van der Waals surface area contributed by atoms with E-state index in [1.807, 2.05) is 0 Å². The predicted molar refractivity (Wildman–Crippen MR) is 84.4 cm³/mol. The third kappa shape index (κ3) is 11.7. The van der Waals surface area contributed by atoms with Gasteiger partial charge in [-0.2, -0.15) is 61.7 Å². The van der Waals surface area contributed by atoms with Crippen LogP contribution in [0, 0.1) is 0 Å². The quantitative estimate of drug-likeness (QED) is 0.273. The van der Waals surface area contributed by atoms with E-state index in [9.17, 15) is 52.7 Å². The molecule has 0 saturated heterocycles. The van der Waals surface area contributed by atoms with Crippen LogP contribution in [-0.4, -0.2) is 51.1 Å². The highest BCUT2D eigenvalue weighted by Crippen LogP contribution is 2.76. The van der Waals surface area contributed by atoms with Gasteiger partial charge in [-0.25, -0.2) is 0 Å². The molecule has 0 aliphatic carbocycles. The molecule has 24 heteroatoms. The average Bonchev–Trinajstić information content (AvgIpc) is 2.51. The maximum atomic E-state index is 12.6. The molecule has 0 unspecified atom stereocenters. The first-order valence-electron chi connectivity index (χ1n) is 7.28. The Bertz CT molecular complexity index is 745. The Morgan fingerprint density at radius 3 is 0.969 bits per heavy atom. The zero-order chi connectivity index (χ0) is 25.3. The second-order valence-corrected chi connectivity index (χ2v) is 12.0. The van der Waals surface area contributed by atoms with Gasteiger partial charge in [0.2, 0.25) is 7.51 Å². The van der Waals surface area contributed by atoms with Gasteiger partial charge in [0.05, 0.1) is 0 Å². The summed E-state index contributed by atoms with van der Waals surface area (Å²) in [6.45, 7) is -9.76. The minimum Gasteiger partial charge on any atom is -0.297 e. The van der Waals surface area contributed by atoms with Gasteiger partial charge >= 0.3 is 40.0 Å². The van der Waals surface area contributed by atoms with Crippen LogP contribution >= 0.6 is 22.8 Å². The van der Waals surface area contributed by atoms with E-state index in [4.69, 9.17) is 11.0 Å². The van der Waals surface area contributed by atoms with Gasteiger partial charge in [-0.05, 0) is 0 Å². The lowest BCUT2D eigenvalue weighted by Crippen LogP contribution is -2.22. The number of halogens is 12. The highest BCUT2D eigenvalue weighted by molar-refractivity contribution is 7.80. The van der Waals surface area contributed by atoms with Gasteiger partial charge in [-0.3, -0.25) is 29.1 Å². The Labute approximate surface area is 170 Å². The number of hydrogen-bond acceptors (Lipinski definition) is 9. The first-order valence-corrected chi connectivity index (χ1v) is 12.2. The maximum absolute atomic E-state index is 12.6. The molecule has 0 aromatic heterocycles. The zero-order valence-electron chi connectivity index (χ0n) is 14.8. The van der Waals surface area contributed by atoms with E-state index in [1.165, 1.54) is 0 Å². The van der Waals surface area contributed by atoms with Gasteiger partial charge < -0.3 is 0 Å². The minimum absolute atomic E-state index is 2.44. The lowest BCUT2D eigenvalue weighted by molar-refractivity contribution is -0.163. The van der Waals surface area contributed by atoms with E-state index in [0.29, 0.717) is 0 Å². The Morgan fingerprint density at radius 1 is 0.469 bits per heavy atom. The highest BCUT2D eigenvalue weighted by Gasteiger charge is 2.46. The summed E-state index contributed by atoms with van der Waals surface area (Å²) in [5, 5.41) is 0. The molecule has 32 heavy (non-hydrogen) atoms. The predicted octanol–water partition coefficient (Wildman–Crippen LogP) is 6.07. The Kier molecular flexibility index (Phi) is 8.98. The van der Waals surface area contributed by atoms with Gasteiger partial charge in [0.1, 0.15) is 0 Å². The summed E-state index contributed by atoms with van der Waals surface area (Å²) in [7, 11) is -15.4. The Morgan fingerprint density at radius 2 is 0.719 bits per heavy atom. The highest BCUT2D eigenvalue weighted by atomic mass is 31.3. The number of nitrogens with two attached hydrogens (primary N) is 2. The molecule has 0 amide bonds. The van der Waals surface area contributed by atoms with Crippen molar-refractivity contribution in [3.63, 3.8) is 0 Å². The summed E-state index contributed by atoms with van der Waals surface area (Å²) in [6.07, 6.45) is -21.1. The van der Waals surface area contributed by atoms with Crippen molar-refractivity contribution in [3.8, 4) is 0 Å². The average molecular weight is 563 g/mol. The molecule has 0 fully saturated rings. The van der Waals surface area contributed by atoms with Crippen LogP contribution in [0.4, 0.5) is 52.7 Å². The van der Waals surface area contributed by atoms with Gasteiger partial charge in [0, 0.05) is 0 Å². The standard InChI is InChI=1S/C8H12F12N5O4P3/c9-5(10,11)1-26-31(27-2-6(12,13)14)23-30(21,22)24-32(25-31,28-3-7(15,16)17)29-4-8(18,19)20/h1-4,21-22H2. The molecule has 192 valence electrons. The second-order valence-electron chi connectivity index (χ2n) is 5.50. The summed E-state index contributed by atoms with van der Waals surface area (Å²) in [4.78, 5) is 0. The fraction of sp³-hybridized carbons (Fsp3) is 1.00. The van der Waals surface area contributed by atoms with Crippen LogP contribution in [0.2, 0.25) is 0 Å². The minimum atomic E-state index is -5.41. The van der Waals surface area contributed by atoms with E-state index >= 15 is 0 Å². The van der Waals surface area contributed by atoms with Crippen LogP contribution in [0.5, 0.6) is 0 Å². The molecule has 0 saturated carbocycles. The van der Waals surface area contributed by atoms with E-state index in [1.54, 1.807) is 0 Å². The summed E-state index contributed by atoms with van der Waals surface area (Å²) in [5.74, 6) is 0. The molecule has 0 atom stereocenters. The summed E-state index contributed by atoms with van der Waals surface area (Å²) in [6, 6.07) is 0. The fourth-order valence-electron chi connectivity index (χ4n) is 1.47. The number of rotatable bonds is 8. The van der Waals surface area contributed by atoms with Crippen molar-refractivity contribution in [1.29, 1.82) is 0 Å². The zero-order valence-corrected chi connectivity index (χ0v) is 17.5. The normalized spacial score (nSPS) is 20.8. The molecule has 1 rings (SSSR count). The molecule has 1 heterocycles. The van der Waals surface area contributed by atoms with Gasteiger partial charge in [0.25, 0.3) is 0 Å². The van der Waals surface area contributed by atoms with E-state index < -0.39 is 74.0 Å². The van der Waals surface area contributed by atoms with Crippen LogP contribution in [0.3, 0.4) is 0 Å². The molecule has 0 radical (unpaired) electrons. The van der Waals surface area contributed by atoms with Crippen molar-refractivity contribution >= 4 is 22.8 Å². The molecular formula is C8H12F12N5O4P3. The van der Waals surface area contributed by atoms with Crippen molar-refractivity contribution in [3.05, 3.63) is 0 Å². The van der Waals surface area contributed by atoms with E-state index in [2.05, 4.69) is 31.6 Å². The molecule has 1 aliphatic heterocycles. The largest absolute Gasteiger partial charge is 0.412 e. The lowest BCUT2D eigenvalue weighted by Gasteiger charge is -2.31. The van der Waals surface area contributed by atoms with Crippen LogP contribution in [0.15, 0.2) is 13.5 Å². The Hall–Kier alpha value is -0.390. The Balaban J connectivity index is 3.66. The van der Waals surface area contributed by atoms with Crippen LogP contribution in [-0.2, 0) is 18.1 Å². The first-order chi connectivity index (χ1) is 13.9. The number of hydrogen-bond donors (Lipinski definition) is 2. The molecule has 1 aliphatic rings. The maximum Gasteiger partial charge on any atom is 0.412 e. The monoisotopic (exact) mass is 563 g/mol. The molecule has 0 spiro atoms. The molecule has 0 aromatic rings. The third-order valence-electron chi connectivity index (χ3n) is 2.32. The van der Waals surface area contributed by atoms with E-state index in [-0.39, 0.29) is 0 Å². The van der Waals surface area contributed by atoms with Gasteiger partial charge in [-0.15, -0.1) is 4.52 Å². The number of nitrogens with zero attached hydrogens (tertiary/aromatic N) is 3. The third-order valence-corrected chi connectivity index (χ3v) is 10.1. The van der Waals surface area contributed by atoms with Crippen LogP contribution in [0.1, 0.15) is 0 Å². The SMILES string of the molecule is NP1(N)=NP(OCC(F)(F)F)(OCC(F)(F)F)=NP(OCC(F)(F)F)(OCC(F)(F)F)=N1. The van der Waals surface area contributed by atoms with Crippen molar-refractivity contribution in [2.75, 3.05) is 26.4 Å². The summed E-state index contributed by atoms with van der Waals surface area (Å²) >= 11 is 0. The fourth-order valence-corrected chi connectivity index (χ4v) is 9.96. The van der Waals surface area contributed by atoms with Gasteiger partial charge in [0.15, 0.2) is 26.4 Å². The van der Waals surface area contributed by atoms with Crippen molar-refractivity contribution in [1.82, 2.24) is 0 Å². The van der Waals surface area contributed by atoms with Crippen molar-refractivity contribution in [2.45, 2.75) is 24.7 Å². The molecule has 0 aromatic carbocycles. The summed E-state index contributed by atoms with van der Waals surface area (Å²) in [5.41, 5.74) is 10.6. The lowest BCUT2D eigenvalue weighted by atomic mass is 10.7. The molecule has 4 N–H and O–H groups in total. The summed E-state index contributed by atoms with van der Waals surface area (Å²) < 4.78 is 176. The molecule has 9 nitrogen and oxygen atoms in total. The van der Waals surface area contributed by atoms with E-state index in [0.717, 1.165) is 0 Å². The van der Waals surface area contributed by atoms with Crippen molar-refractivity contribution in [2.24, 2.45) is 24.6 Å². The molecular weight excluding hydrogens is 551 g/mol. The topological polar surface area (TPSA) is 126 Å². The number of alkyl halides is 12. The first kappa shape index (κ1) is 29.6. The van der Waals surface area contributed by atoms with Crippen molar-refractivity contribution < 1.29 is 70.8 Å². The molecule has 0 bridgehead atoms. The van der Waals surface area contributed by atoms with Gasteiger partial charge in [-0.1, -0.05) is 0 Å². The second kappa shape index (κ2) is 9.70.